The molecule has 0 aromatic rings. The molecule has 3 nitrogen and oxygen atoms in total. The van der Waals surface area contributed by atoms with Gasteiger partial charge in [-0.1, -0.05) is 117 Å². The zero-order valence-electron chi connectivity index (χ0n) is 17.0. The molecular weight excluding hydrogens is 312 g/mol. The molecule has 1 aliphatic heterocycles. The van der Waals surface area contributed by atoms with Crippen LogP contribution in [0.15, 0.2) is 0 Å². The van der Waals surface area contributed by atoms with E-state index in [9.17, 15) is 9.59 Å². The molecule has 1 heterocycles. The van der Waals surface area contributed by atoms with E-state index in [4.69, 9.17) is 0 Å². The summed E-state index contributed by atoms with van der Waals surface area (Å²) in [6.45, 7) is 4.59. The molecule has 0 saturated carbocycles. The number of cyclic esters (lactones) is 2. The summed E-state index contributed by atoms with van der Waals surface area (Å²) in [5.74, 6) is -0.796. The summed E-state index contributed by atoms with van der Waals surface area (Å²) in [6, 6.07) is 0. The Morgan fingerprint density at radius 1 is 0.520 bits per heavy atom. The predicted octanol–water partition coefficient (Wildman–Crippen LogP) is 7.12. The average molecular weight is 355 g/mol. The third kappa shape index (κ3) is 19.3. The predicted molar refractivity (Wildman–Crippen MR) is 106 cm³/mol. The van der Waals surface area contributed by atoms with Crippen LogP contribution in [0, 0.1) is 0 Å². The molecule has 0 aliphatic carbocycles. The third-order valence-electron chi connectivity index (χ3n) is 4.72. The van der Waals surface area contributed by atoms with Crippen LogP contribution >= 0.6 is 0 Å². The summed E-state index contributed by atoms with van der Waals surface area (Å²) >= 11 is 0. The molecule has 0 spiro atoms. The molecule has 148 valence electrons. The van der Waals surface area contributed by atoms with Gasteiger partial charge in [0.25, 0.3) is 0 Å². The van der Waals surface area contributed by atoms with Crippen LogP contribution < -0.4 is 0 Å². The van der Waals surface area contributed by atoms with E-state index in [1.54, 1.807) is 0 Å². The molecule has 0 aromatic carbocycles. The van der Waals surface area contributed by atoms with E-state index in [0.29, 0.717) is 0 Å². The van der Waals surface area contributed by atoms with E-state index in [1.807, 2.05) is 0 Å². The van der Waals surface area contributed by atoms with Gasteiger partial charge in [0.1, 0.15) is 0 Å². The molecule has 0 atom stereocenters. The quantitative estimate of drug-likeness (QED) is 0.179. The molecule has 1 fully saturated rings. The minimum atomic E-state index is -0.398. The molecule has 3 heteroatoms. The number of esters is 2. The van der Waals surface area contributed by atoms with Gasteiger partial charge >= 0.3 is 11.9 Å². The van der Waals surface area contributed by atoms with Crippen molar-refractivity contribution >= 4 is 11.9 Å². The fourth-order valence-electron chi connectivity index (χ4n) is 3.05. The van der Waals surface area contributed by atoms with E-state index < -0.39 is 11.9 Å². The minimum absolute atomic E-state index is 0.263. The molecule has 1 aliphatic rings. The van der Waals surface area contributed by atoms with Crippen molar-refractivity contribution in [2.24, 2.45) is 0 Å². The zero-order valence-corrected chi connectivity index (χ0v) is 17.0. The van der Waals surface area contributed by atoms with Crippen molar-refractivity contribution in [1.29, 1.82) is 0 Å². The minimum Gasteiger partial charge on any atom is -0.393 e. The number of unbranched alkanes of at least 4 members (excludes halogenated alkanes) is 15. The maximum Gasteiger partial charge on any atom is 0.314 e. The molecule has 25 heavy (non-hydrogen) atoms. The second-order valence-corrected chi connectivity index (χ2v) is 7.30. The fourth-order valence-corrected chi connectivity index (χ4v) is 3.05. The Balaban J connectivity index is 0.000000676. The van der Waals surface area contributed by atoms with Crippen molar-refractivity contribution in [1.82, 2.24) is 0 Å². The lowest BCUT2D eigenvalue weighted by Gasteiger charge is -2.03. The van der Waals surface area contributed by atoms with Gasteiger partial charge in [-0.2, -0.15) is 0 Å². The molecule has 1 rings (SSSR count). The van der Waals surface area contributed by atoms with Crippen LogP contribution in [0.3, 0.4) is 0 Å². The first-order chi connectivity index (χ1) is 12.2. The van der Waals surface area contributed by atoms with Gasteiger partial charge in [-0.25, -0.2) is 0 Å². The second kappa shape index (κ2) is 19.5. The Labute approximate surface area is 156 Å². The highest BCUT2D eigenvalue weighted by Gasteiger charge is 2.19. The van der Waals surface area contributed by atoms with E-state index in [1.165, 1.54) is 103 Å². The summed E-state index contributed by atoms with van der Waals surface area (Å²) in [5.41, 5.74) is 0. The van der Waals surface area contributed by atoms with E-state index in [2.05, 4.69) is 18.6 Å². The normalized spacial score (nSPS) is 13.5. The van der Waals surface area contributed by atoms with Gasteiger partial charge in [-0.3, -0.25) is 9.59 Å². The Morgan fingerprint density at radius 3 is 0.920 bits per heavy atom. The van der Waals surface area contributed by atoms with Gasteiger partial charge in [-0.05, 0) is 0 Å². The van der Waals surface area contributed by atoms with Crippen molar-refractivity contribution in [3.63, 3.8) is 0 Å². The molecule has 0 aromatic heterocycles. The lowest BCUT2D eigenvalue weighted by atomic mass is 10.0. The van der Waals surface area contributed by atoms with Gasteiger partial charge in [0, 0.05) is 0 Å². The highest BCUT2D eigenvalue weighted by atomic mass is 16.6. The van der Waals surface area contributed by atoms with Crippen LogP contribution in [0.5, 0.6) is 0 Å². The molecule has 0 unspecified atom stereocenters. The summed E-state index contributed by atoms with van der Waals surface area (Å²) in [6.07, 6.45) is 23.9. The number of carbonyl (C=O) groups excluding carboxylic acids is 2. The smallest absolute Gasteiger partial charge is 0.314 e. The maximum absolute atomic E-state index is 10.0. The van der Waals surface area contributed by atoms with Gasteiger partial charge in [0.05, 0.1) is 12.8 Å². The highest BCUT2D eigenvalue weighted by Crippen LogP contribution is 2.13. The van der Waals surface area contributed by atoms with Gasteiger partial charge in [0.2, 0.25) is 0 Å². The Kier molecular flexibility index (Phi) is 18.8. The summed E-state index contributed by atoms with van der Waals surface area (Å²) < 4.78 is 4.08. The lowest BCUT2D eigenvalue weighted by Crippen LogP contribution is -1.94. The molecule has 0 amide bonds. The van der Waals surface area contributed by atoms with Crippen LogP contribution in [0.2, 0.25) is 0 Å². The third-order valence-corrected chi connectivity index (χ3v) is 4.72. The van der Waals surface area contributed by atoms with Crippen LogP contribution in [0.4, 0.5) is 0 Å². The molecule has 0 bridgehead atoms. The molecule has 0 radical (unpaired) electrons. The number of hydrogen-bond acceptors (Lipinski definition) is 3. The highest BCUT2D eigenvalue weighted by molar-refractivity contribution is 5.92. The monoisotopic (exact) mass is 354 g/mol. The largest absolute Gasteiger partial charge is 0.393 e. The zero-order chi connectivity index (χ0) is 18.6. The topological polar surface area (TPSA) is 43.4 Å². The van der Waals surface area contributed by atoms with Crippen molar-refractivity contribution in [3.05, 3.63) is 0 Å². The SMILES string of the molecule is CCCCCCCCCCCCCCCCCC.O=C1CCC(=O)O1. The van der Waals surface area contributed by atoms with Crippen molar-refractivity contribution < 1.29 is 14.3 Å². The number of ether oxygens (including phenoxy) is 1. The van der Waals surface area contributed by atoms with Crippen molar-refractivity contribution in [2.75, 3.05) is 0 Å². The number of carbonyl (C=O) groups is 2. The first kappa shape index (κ1) is 24.1. The van der Waals surface area contributed by atoms with Crippen molar-refractivity contribution in [3.8, 4) is 0 Å². The Bertz CT molecular complexity index is 282. The van der Waals surface area contributed by atoms with E-state index in [0.717, 1.165) is 0 Å². The molecular formula is C22H42O3. The lowest BCUT2D eigenvalue weighted by molar-refractivity contribution is -0.151. The second-order valence-electron chi connectivity index (χ2n) is 7.30. The maximum atomic E-state index is 10.0. The summed E-state index contributed by atoms with van der Waals surface area (Å²) in [5, 5.41) is 0. The number of hydrogen-bond donors (Lipinski definition) is 0. The van der Waals surface area contributed by atoms with Crippen LogP contribution in [0.1, 0.15) is 129 Å². The van der Waals surface area contributed by atoms with Gasteiger partial charge in [-0.15, -0.1) is 0 Å². The van der Waals surface area contributed by atoms with Crippen molar-refractivity contribution in [2.45, 2.75) is 129 Å². The first-order valence-corrected chi connectivity index (χ1v) is 10.9. The van der Waals surface area contributed by atoms with Gasteiger partial charge in [0.15, 0.2) is 0 Å². The first-order valence-electron chi connectivity index (χ1n) is 10.9. The van der Waals surface area contributed by atoms with E-state index >= 15 is 0 Å². The van der Waals surface area contributed by atoms with Crippen LogP contribution in [-0.2, 0) is 14.3 Å². The Morgan fingerprint density at radius 2 is 0.760 bits per heavy atom. The van der Waals surface area contributed by atoms with Crippen LogP contribution in [0.25, 0.3) is 0 Å². The summed E-state index contributed by atoms with van der Waals surface area (Å²) in [7, 11) is 0. The van der Waals surface area contributed by atoms with Crippen LogP contribution in [-0.4, -0.2) is 11.9 Å². The summed E-state index contributed by atoms with van der Waals surface area (Å²) in [4.78, 5) is 20.0. The van der Waals surface area contributed by atoms with E-state index in [-0.39, 0.29) is 12.8 Å². The number of rotatable bonds is 15. The Hall–Kier alpha value is -0.860. The standard InChI is InChI=1S/C18H38.C4H4O3/c1-3-5-7-9-11-13-15-17-18-16-14-12-10-8-6-4-2;5-3-1-2-4(6)7-3/h3-18H2,1-2H3;1-2H2. The molecule has 1 saturated heterocycles. The fraction of sp³-hybridized carbons (Fsp3) is 0.909. The van der Waals surface area contributed by atoms with Gasteiger partial charge < -0.3 is 4.74 Å². The average Bonchev–Trinajstić information content (AvgIpc) is 2.99. The molecule has 0 N–H and O–H groups in total.